The lowest BCUT2D eigenvalue weighted by Gasteiger charge is -2.23. The van der Waals surface area contributed by atoms with Gasteiger partial charge in [-0.25, -0.2) is 0 Å². The molecule has 2 heterocycles. The van der Waals surface area contributed by atoms with Crippen LogP contribution < -0.4 is 0 Å². The third-order valence-corrected chi connectivity index (χ3v) is 6.12. The highest BCUT2D eigenvalue weighted by Crippen LogP contribution is 2.48. The van der Waals surface area contributed by atoms with E-state index in [9.17, 15) is 18.0 Å². The van der Waals surface area contributed by atoms with E-state index in [1.807, 2.05) is 0 Å². The summed E-state index contributed by atoms with van der Waals surface area (Å²) < 4.78 is 48.9. The van der Waals surface area contributed by atoms with Gasteiger partial charge in [0.1, 0.15) is 11.4 Å². The molecule has 1 saturated heterocycles. The first-order valence-electron chi connectivity index (χ1n) is 10.1. The van der Waals surface area contributed by atoms with Gasteiger partial charge in [-0.15, -0.1) is 0 Å². The van der Waals surface area contributed by atoms with E-state index >= 15 is 0 Å². The summed E-state index contributed by atoms with van der Waals surface area (Å²) in [5, 5.41) is 0.486. The smallest absolute Gasteiger partial charge is 0.381 e. The highest BCUT2D eigenvalue weighted by Gasteiger charge is 2.45. The summed E-state index contributed by atoms with van der Waals surface area (Å²) in [6, 6.07) is 6.30. The molecule has 1 amide bonds. The molecule has 1 atom stereocenters. The number of hydrogen-bond acceptors (Lipinski definition) is 2. The van der Waals surface area contributed by atoms with Gasteiger partial charge >= 0.3 is 6.18 Å². The van der Waals surface area contributed by atoms with Crippen molar-refractivity contribution < 1.29 is 22.7 Å². The summed E-state index contributed by atoms with van der Waals surface area (Å²) >= 11 is 5.98. The van der Waals surface area contributed by atoms with Gasteiger partial charge in [-0.1, -0.05) is 23.7 Å². The van der Waals surface area contributed by atoms with Crippen LogP contribution in [-0.2, 0) is 10.9 Å². The minimum Gasteiger partial charge on any atom is -0.381 e. The predicted molar refractivity (Wildman–Crippen MR) is 109 cm³/mol. The van der Waals surface area contributed by atoms with Crippen molar-refractivity contribution in [3.63, 3.8) is 0 Å². The minimum absolute atomic E-state index is 0.0812. The third-order valence-electron chi connectivity index (χ3n) is 5.87. The largest absolute Gasteiger partial charge is 0.431 e. The van der Waals surface area contributed by atoms with E-state index in [0.717, 1.165) is 6.42 Å². The van der Waals surface area contributed by atoms with E-state index < -0.39 is 17.8 Å². The quantitative estimate of drug-likeness (QED) is 0.608. The fourth-order valence-electron chi connectivity index (χ4n) is 4.31. The topological polar surface area (TPSA) is 34.5 Å². The van der Waals surface area contributed by atoms with E-state index in [1.165, 1.54) is 16.4 Å². The monoisotopic (exact) mass is 440 g/mol. The van der Waals surface area contributed by atoms with Gasteiger partial charge in [0.15, 0.2) is 0 Å². The summed E-state index contributed by atoms with van der Waals surface area (Å²) in [5.74, 6) is -0.192. The average Bonchev–Trinajstić information content (AvgIpc) is 3.30. The summed E-state index contributed by atoms with van der Waals surface area (Å²) in [6.45, 7) is 3.12. The van der Waals surface area contributed by atoms with Gasteiger partial charge in [-0.05, 0) is 49.4 Å². The van der Waals surface area contributed by atoms with Crippen LogP contribution in [0.25, 0.3) is 11.1 Å². The normalized spacial score (nSPS) is 19.3. The fraction of sp³-hybridized carbons (Fsp3) is 0.500. The Morgan fingerprint density at radius 3 is 2.43 bits per heavy atom. The van der Waals surface area contributed by atoms with E-state index in [1.54, 1.807) is 31.3 Å². The number of carbonyl (C=O) groups is 1. The molecule has 1 saturated carbocycles. The van der Waals surface area contributed by atoms with Gasteiger partial charge in [-0.2, -0.15) is 13.2 Å². The minimum atomic E-state index is -4.55. The van der Waals surface area contributed by atoms with E-state index in [-0.39, 0.29) is 23.2 Å². The van der Waals surface area contributed by atoms with Crippen molar-refractivity contribution in [3.8, 4) is 11.1 Å². The number of ether oxygens (including phenoxy) is 1. The first-order chi connectivity index (χ1) is 14.2. The molecule has 1 aromatic carbocycles. The van der Waals surface area contributed by atoms with Crippen LogP contribution in [0.4, 0.5) is 13.2 Å². The van der Waals surface area contributed by atoms with Gasteiger partial charge in [0.05, 0.1) is 6.61 Å². The lowest BCUT2D eigenvalue weighted by atomic mass is 10.00. The highest BCUT2D eigenvalue weighted by molar-refractivity contribution is 6.30. The van der Waals surface area contributed by atoms with Crippen molar-refractivity contribution >= 4 is 17.5 Å². The zero-order valence-corrected chi connectivity index (χ0v) is 17.7. The lowest BCUT2D eigenvalue weighted by molar-refractivity contribution is -0.144. The molecule has 0 spiro atoms. The predicted octanol–water partition coefficient (Wildman–Crippen LogP) is 5.58. The van der Waals surface area contributed by atoms with Gasteiger partial charge in [0.2, 0.25) is 0 Å². The standard InChI is InChI=1S/C22H24ClF3N2O2/c1-13-18(15-3-5-16(23)6-4-15)19(21(29)27(2)11-14-9-10-30-12-14)28(17-7-8-17)20(13)22(24,25)26/h3-6,14,17H,7-12H2,1-2H3. The number of rotatable bonds is 5. The number of amides is 1. The fourth-order valence-corrected chi connectivity index (χ4v) is 4.44. The van der Waals surface area contributed by atoms with Gasteiger partial charge in [0.25, 0.3) is 5.91 Å². The Balaban J connectivity index is 1.86. The first kappa shape index (κ1) is 21.2. The van der Waals surface area contributed by atoms with Crippen molar-refractivity contribution in [1.29, 1.82) is 0 Å². The first-order valence-corrected chi connectivity index (χ1v) is 10.5. The van der Waals surface area contributed by atoms with Crippen molar-refractivity contribution in [2.45, 2.75) is 38.4 Å². The molecule has 1 aromatic heterocycles. The van der Waals surface area contributed by atoms with Crippen LogP contribution in [-0.4, -0.2) is 42.2 Å². The van der Waals surface area contributed by atoms with Crippen LogP contribution in [0.5, 0.6) is 0 Å². The second-order valence-corrected chi connectivity index (χ2v) is 8.65. The molecule has 30 heavy (non-hydrogen) atoms. The molecular weight excluding hydrogens is 417 g/mol. The second-order valence-electron chi connectivity index (χ2n) is 8.22. The molecule has 0 radical (unpaired) electrons. The Bertz CT molecular complexity index is 943. The van der Waals surface area contributed by atoms with Crippen molar-refractivity contribution in [1.82, 2.24) is 9.47 Å². The molecule has 1 aliphatic carbocycles. The number of alkyl halides is 3. The van der Waals surface area contributed by atoms with E-state index in [4.69, 9.17) is 16.3 Å². The molecular formula is C22H24ClF3N2O2. The van der Waals surface area contributed by atoms with Crippen LogP contribution in [0, 0.1) is 12.8 Å². The maximum atomic E-state index is 14.1. The Morgan fingerprint density at radius 2 is 1.90 bits per heavy atom. The Labute approximate surface area is 178 Å². The molecule has 4 nitrogen and oxygen atoms in total. The van der Waals surface area contributed by atoms with Crippen molar-refractivity contribution in [3.05, 3.63) is 46.2 Å². The average molecular weight is 441 g/mol. The summed E-state index contributed by atoms with van der Waals surface area (Å²) in [4.78, 5) is 15.0. The number of nitrogens with zero attached hydrogens (tertiary/aromatic N) is 2. The number of benzene rings is 1. The number of carbonyl (C=O) groups excluding carboxylic acids is 1. The third kappa shape index (κ3) is 3.97. The van der Waals surface area contributed by atoms with E-state index in [0.29, 0.717) is 48.7 Å². The maximum Gasteiger partial charge on any atom is 0.431 e. The number of hydrogen-bond donors (Lipinski definition) is 0. The van der Waals surface area contributed by atoms with Crippen molar-refractivity contribution in [2.75, 3.05) is 26.8 Å². The molecule has 162 valence electrons. The maximum absolute atomic E-state index is 14.1. The molecule has 1 aliphatic heterocycles. The zero-order chi connectivity index (χ0) is 21.6. The molecule has 2 fully saturated rings. The highest BCUT2D eigenvalue weighted by atomic mass is 35.5. The molecule has 4 rings (SSSR count). The lowest BCUT2D eigenvalue weighted by Crippen LogP contribution is -2.34. The molecule has 2 aromatic rings. The van der Waals surface area contributed by atoms with Crippen LogP contribution >= 0.6 is 11.6 Å². The summed E-state index contributed by atoms with van der Waals surface area (Å²) in [6.07, 6.45) is -2.43. The SMILES string of the molecule is Cc1c(-c2ccc(Cl)cc2)c(C(=O)N(C)CC2CCOC2)n(C2CC2)c1C(F)(F)F. The Kier molecular flexibility index (Phi) is 5.62. The summed E-state index contributed by atoms with van der Waals surface area (Å²) in [5.41, 5.74) is 0.368. The second kappa shape index (κ2) is 7.93. The molecule has 2 aliphatic rings. The van der Waals surface area contributed by atoms with Crippen LogP contribution in [0.3, 0.4) is 0 Å². The van der Waals surface area contributed by atoms with Crippen LogP contribution in [0.1, 0.15) is 47.1 Å². The number of halogens is 4. The van der Waals surface area contributed by atoms with Gasteiger partial charge in [-0.3, -0.25) is 4.79 Å². The molecule has 8 heteroatoms. The molecule has 0 N–H and O–H groups in total. The van der Waals surface area contributed by atoms with Crippen LogP contribution in [0.15, 0.2) is 24.3 Å². The van der Waals surface area contributed by atoms with Crippen molar-refractivity contribution in [2.24, 2.45) is 5.92 Å². The zero-order valence-electron chi connectivity index (χ0n) is 16.9. The van der Waals surface area contributed by atoms with Gasteiger partial charge < -0.3 is 14.2 Å². The molecule has 1 unspecified atom stereocenters. The number of aromatic nitrogens is 1. The molecule has 0 bridgehead atoms. The Hall–Kier alpha value is -1.99. The summed E-state index contributed by atoms with van der Waals surface area (Å²) in [7, 11) is 1.65. The van der Waals surface area contributed by atoms with Crippen LogP contribution in [0.2, 0.25) is 5.02 Å². The Morgan fingerprint density at radius 1 is 1.23 bits per heavy atom. The van der Waals surface area contributed by atoms with E-state index in [2.05, 4.69) is 0 Å². The van der Waals surface area contributed by atoms with Gasteiger partial charge in [0, 0.05) is 42.7 Å².